The number of hydrogen-bond acceptors (Lipinski definition) is 7. The Hall–Kier alpha value is -3.32. The Morgan fingerprint density at radius 3 is 2.03 bits per heavy atom. The summed E-state index contributed by atoms with van der Waals surface area (Å²) in [5.41, 5.74) is 1.64. The summed E-state index contributed by atoms with van der Waals surface area (Å²) in [5.74, 6) is 1.32. The van der Waals surface area contributed by atoms with Crippen molar-refractivity contribution >= 4 is 35.4 Å². The third-order valence-electron chi connectivity index (χ3n) is 5.24. The van der Waals surface area contributed by atoms with Crippen LogP contribution in [0.5, 0.6) is 0 Å². The molecule has 3 rings (SSSR count). The number of hydrogen-bond donors (Lipinski definition) is 0. The quantitative estimate of drug-likeness (QED) is 0.419. The molecule has 2 aromatic rings. The third kappa shape index (κ3) is 6.85. The monoisotopic (exact) mass is 434 g/mol. The first-order valence-corrected chi connectivity index (χ1v) is 11.0. The zero-order valence-corrected chi connectivity index (χ0v) is 18.7. The lowest BCUT2D eigenvalue weighted by Gasteiger charge is -2.27. The van der Waals surface area contributed by atoms with E-state index < -0.39 is 0 Å². The Kier molecular flexibility index (Phi) is 8.69. The average molecular weight is 435 g/mol. The zero-order valence-electron chi connectivity index (χ0n) is 18.7. The van der Waals surface area contributed by atoms with E-state index in [1.807, 2.05) is 24.3 Å². The minimum Gasteiger partial charge on any atom is -0.378 e. The second kappa shape index (κ2) is 11.9. The molecule has 32 heavy (non-hydrogen) atoms. The molecule has 1 saturated heterocycles. The number of pyridine rings is 2. The second-order valence-electron chi connectivity index (χ2n) is 7.45. The molecule has 0 N–H and O–H groups in total. The number of rotatable bonds is 10. The van der Waals surface area contributed by atoms with Crippen molar-refractivity contribution < 1.29 is 14.3 Å². The predicted molar refractivity (Wildman–Crippen MR) is 128 cm³/mol. The van der Waals surface area contributed by atoms with E-state index in [4.69, 9.17) is 4.74 Å². The summed E-state index contributed by atoms with van der Waals surface area (Å²) >= 11 is 0. The number of allylic oxidation sites excluding steroid dienone is 2. The molecule has 1 fully saturated rings. The maximum Gasteiger partial charge on any atom is 0.163 e. The molecule has 0 atom stereocenters. The number of carbonyl (C=O) groups excluding carboxylic acids is 2. The van der Waals surface area contributed by atoms with Gasteiger partial charge in [0.25, 0.3) is 0 Å². The summed E-state index contributed by atoms with van der Waals surface area (Å²) in [5, 5.41) is 0. The van der Waals surface area contributed by atoms with Crippen molar-refractivity contribution in [3.63, 3.8) is 0 Å². The minimum atomic E-state index is -0.244. The molecule has 7 heteroatoms. The molecule has 0 aliphatic carbocycles. The average Bonchev–Trinajstić information content (AvgIpc) is 2.84. The molecule has 1 aliphatic heterocycles. The van der Waals surface area contributed by atoms with Crippen molar-refractivity contribution in [1.82, 2.24) is 9.97 Å². The molecule has 0 radical (unpaired) electrons. The lowest BCUT2D eigenvalue weighted by Crippen LogP contribution is -2.36. The molecular weight excluding hydrogens is 404 g/mol. The Bertz CT molecular complexity index is 942. The number of nitrogens with zero attached hydrogens (tertiary/aromatic N) is 4. The van der Waals surface area contributed by atoms with Crippen LogP contribution in [0.25, 0.3) is 12.2 Å². The molecule has 2 aromatic heterocycles. The van der Waals surface area contributed by atoms with Gasteiger partial charge in [0.1, 0.15) is 11.6 Å². The molecule has 0 aromatic carbocycles. The van der Waals surface area contributed by atoms with Gasteiger partial charge in [-0.05, 0) is 73.5 Å². The first kappa shape index (κ1) is 23.3. The van der Waals surface area contributed by atoms with Gasteiger partial charge in [-0.25, -0.2) is 9.97 Å². The van der Waals surface area contributed by atoms with Crippen molar-refractivity contribution in [3.05, 3.63) is 59.9 Å². The first-order chi connectivity index (χ1) is 15.6. The van der Waals surface area contributed by atoms with E-state index in [-0.39, 0.29) is 18.0 Å². The molecular formula is C25H30N4O3. The standard InChI is InChI=1S/C25H30N4O3/c1-3-28(4-2)24-11-7-20(18-26-24)5-9-22(30)17-23(31)10-6-21-8-12-25(27-19-21)29-13-15-32-16-14-29/h5-12,18-19H,3-4,13-17H2,1-2H3/b9-5+,10-6+. The van der Waals surface area contributed by atoms with E-state index in [0.717, 1.165) is 48.9 Å². The van der Waals surface area contributed by atoms with Gasteiger partial charge in [-0.1, -0.05) is 0 Å². The van der Waals surface area contributed by atoms with Gasteiger partial charge in [0.05, 0.1) is 19.6 Å². The Balaban J connectivity index is 1.48. The molecule has 7 nitrogen and oxygen atoms in total. The number of carbonyl (C=O) groups is 2. The van der Waals surface area contributed by atoms with Crippen LogP contribution in [0.15, 0.2) is 48.8 Å². The van der Waals surface area contributed by atoms with Crippen molar-refractivity contribution in [2.45, 2.75) is 20.3 Å². The van der Waals surface area contributed by atoms with Gasteiger partial charge < -0.3 is 14.5 Å². The van der Waals surface area contributed by atoms with Gasteiger partial charge >= 0.3 is 0 Å². The molecule has 3 heterocycles. The van der Waals surface area contributed by atoms with Crippen LogP contribution >= 0.6 is 0 Å². The fourth-order valence-corrected chi connectivity index (χ4v) is 3.37. The summed E-state index contributed by atoms with van der Waals surface area (Å²) in [6.45, 7) is 9.01. The van der Waals surface area contributed by atoms with E-state index >= 15 is 0 Å². The van der Waals surface area contributed by atoms with E-state index in [1.165, 1.54) is 12.2 Å². The van der Waals surface area contributed by atoms with Crippen molar-refractivity contribution in [3.8, 4) is 0 Å². The summed E-state index contributed by atoms with van der Waals surface area (Å²) in [7, 11) is 0. The molecule has 0 saturated carbocycles. The highest BCUT2D eigenvalue weighted by molar-refractivity contribution is 6.10. The van der Waals surface area contributed by atoms with Gasteiger partial charge in [-0.15, -0.1) is 0 Å². The number of morpholine rings is 1. The van der Waals surface area contributed by atoms with Crippen molar-refractivity contribution in [2.75, 3.05) is 49.2 Å². The number of ketones is 2. The normalized spacial score (nSPS) is 14.2. The predicted octanol–water partition coefficient (Wildman–Crippen LogP) is 3.41. The van der Waals surface area contributed by atoms with Gasteiger partial charge in [-0.3, -0.25) is 9.59 Å². The van der Waals surface area contributed by atoms with E-state index in [9.17, 15) is 9.59 Å². The maximum atomic E-state index is 12.1. The van der Waals surface area contributed by atoms with Crippen LogP contribution in [0.4, 0.5) is 11.6 Å². The van der Waals surface area contributed by atoms with Crippen LogP contribution in [0, 0.1) is 0 Å². The largest absolute Gasteiger partial charge is 0.378 e. The van der Waals surface area contributed by atoms with Crippen LogP contribution in [0.3, 0.4) is 0 Å². The number of aromatic nitrogens is 2. The first-order valence-electron chi connectivity index (χ1n) is 11.0. The fourth-order valence-electron chi connectivity index (χ4n) is 3.37. The van der Waals surface area contributed by atoms with E-state index in [1.54, 1.807) is 24.5 Å². The Labute approximate surface area is 189 Å². The molecule has 1 aliphatic rings. The maximum absolute atomic E-state index is 12.1. The smallest absolute Gasteiger partial charge is 0.163 e. The molecule has 0 spiro atoms. The summed E-state index contributed by atoms with van der Waals surface area (Å²) in [6, 6.07) is 7.70. The van der Waals surface area contributed by atoms with Crippen LogP contribution in [0.1, 0.15) is 31.4 Å². The highest BCUT2D eigenvalue weighted by Gasteiger charge is 2.11. The van der Waals surface area contributed by atoms with Crippen LogP contribution in [-0.4, -0.2) is 60.9 Å². The van der Waals surface area contributed by atoms with Crippen LogP contribution < -0.4 is 9.80 Å². The van der Waals surface area contributed by atoms with Gasteiger partial charge in [0.2, 0.25) is 0 Å². The van der Waals surface area contributed by atoms with Gasteiger partial charge in [0.15, 0.2) is 11.6 Å². The van der Waals surface area contributed by atoms with E-state index in [2.05, 4.69) is 33.6 Å². The lowest BCUT2D eigenvalue weighted by atomic mass is 10.1. The second-order valence-corrected chi connectivity index (χ2v) is 7.45. The fraction of sp³-hybridized carbons (Fsp3) is 0.360. The van der Waals surface area contributed by atoms with Crippen molar-refractivity contribution in [1.29, 1.82) is 0 Å². The van der Waals surface area contributed by atoms with Gasteiger partial charge in [-0.2, -0.15) is 0 Å². The highest BCUT2D eigenvalue weighted by atomic mass is 16.5. The van der Waals surface area contributed by atoms with Crippen molar-refractivity contribution in [2.24, 2.45) is 0 Å². The minimum absolute atomic E-state index is 0.169. The summed E-state index contributed by atoms with van der Waals surface area (Å²) in [6.07, 6.45) is 9.52. The van der Waals surface area contributed by atoms with Crippen LogP contribution in [0.2, 0.25) is 0 Å². The third-order valence-corrected chi connectivity index (χ3v) is 5.24. The Morgan fingerprint density at radius 2 is 1.53 bits per heavy atom. The van der Waals surface area contributed by atoms with Crippen LogP contribution in [-0.2, 0) is 14.3 Å². The summed E-state index contributed by atoms with van der Waals surface area (Å²) < 4.78 is 5.35. The molecule has 0 bridgehead atoms. The lowest BCUT2D eigenvalue weighted by molar-refractivity contribution is -0.121. The Morgan fingerprint density at radius 1 is 0.938 bits per heavy atom. The number of ether oxygens (including phenoxy) is 1. The number of anilines is 2. The highest BCUT2D eigenvalue weighted by Crippen LogP contribution is 2.14. The molecule has 168 valence electrons. The topological polar surface area (TPSA) is 75.6 Å². The molecule has 0 amide bonds. The summed E-state index contributed by atoms with van der Waals surface area (Å²) in [4.78, 5) is 37.5. The van der Waals surface area contributed by atoms with Gasteiger partial charge in [0, 0.05) is 38.6 Å². The molecule has 0 unspecified atom stereocenters. The SMILES string of the molecule is CCN(CC)c1ccc(/C=C/C(=O)CC(=O)/C=C/c2ccc(N3CCOCC3)nc2)cn1. The van der Waals surface area contributed by atoms with E-state index in [0.29, 0.717) is 13.2 Å². The zero-order chi connectivity index (χ0) is 22.8.